The second-order valence-corrected chi connectivity index (χ2v) is 12.7. The minimum Gasteiger partial charge on any atom is -0.367 e. The van der Waals surface area contributed by atoms with Crippen LogP contribution in [-0.4, -0.2) is 58.7 Å². The molecule has 38 heavy (non-hydrogen) atoms. The van der Waals surface area contributed by atoms with Gasteiger partial charge in [0.05, 0.1) is 30.5 Å². The van der Waals surface area contributed by atoms with Crippen molar-refractivity contribution in [3.63, 3.8) is 0 Å². The number of amides is 1. The number of nitrogens with one attached hydrogen (secondary N) is 3. The highest BCUT2D eigenvalue weighted by atomic mass is 32.2. The smallest absolute Gasteiger partial charge is 0.367 e. The molecule has 3 heterocycles. The van der Waals surface area contributed by atoms with Crippen LogP contribution in [0.15, 0.2) is 30.1 Å². The Bertz CT molecular complexity index is 1370. The second kappa shape index (κ2) is 10.2. The Morgan fingerprint density at radius 2 is 1.82 bits per heavy atom. The van der Waals surface area contributed by atoms with Gasteiger partial charge in [-0.2, -0.15) is 22.8 Å². The molecule has 0 radical (unpaired) electrons. The van der Waals surface area contributed by atoms with Crippen LogP contribution in [0, 0.1) is 5.92 Å². The Balaban J connectivity index is 1.28. The van der Waals surface area contributed by atoms with E-state index >= 15 is 0 Å². The van der Waals surface area contributed by atoms with Crippen LogP contribution in [0.5, 0.6) is 0 Å². The molecule has 0 atom stereocenters. The van der Waals surface area contributed by atoms with Crippen LogP contribution in [0.3, 0.4) is 0 Å². The molecule has 1 aliphatic heterocycles. The molecule has 9 nitrogen and oxygen atoms in total. The van der Waals surface area contributed by atoms with Crippen LogP contribution >= 0.6 is 0 Å². The number of halogens is 3. The Hall–Kier alpha value is -3.09. The lowest BCUT2D eigenvalue weighted by Gasteiger charge is -2.29. The van der Waals surface area contributed by atoms with Gasteiger partial charge in [0.15, 0.2) is 15.5 Å². The molecule has 13 heteroatoms. The van der Waals surface area contributed by atoms with Crippen molar-refractivity contribution >= 4 is 39.1 Å². The van der Waals surface area contributed by atoms with Gasteiger partial charge in [0, 0.05) is 29.4 Å². The van der Waals surface area contributed by atoms with Crippen LogP contribution in [0.4, 0.5) is 24.8 Å². The van der Waals surface area contributed by atoms with E-state index in [9.17, 15) is 26.4 Å². The quantitative estimate of drug-likeness (QED) is 0.430. The van der Waals surface area contributed by atoms with Crippen molar-refractivity contribution < 1.29 is 26.4 Å². The number of hydrogen-bond acceptors (Lipinski definition) is 7. The van der Waals surface area contributed by atoms with Crippen molar-refractivity contribution in [1.82, 2.24) is 19.9 Å². The summed E-state index contributed by atoms with van der Waals surface area (Å²) in [7, 11) is -3.75. The fraction of sp³-hybridized carbons (Fsp3) is 0.560. The van der Waals surface area contributed by atoms with Gasteiger partial charge in [0.2, 0.25) is 5.91 Å². The fourth-order valence-electron chi connectivity index (χ4n) is 4.99. The van der Waals surface area contributed by atoms with Gasteiger partial charge in [-0.05, 0) is 56.1 Å². The minimum atomic E-state index is -4.47. The number of sulfone groups is 1. The Labute approximate surface area is 218 Å². The molecular weight excluding hydrogens is 521 g/mol. The first-order valence-corrected chi connectivity index (χ1v) is 14.6. The molecule has 0 aromatic carbocycles. The zero-order valence-corrected chi connectivity index (χ0v) is 21.7. The summed E-state index contributed by atoms with van der Waals surface area (Å²) in [5.74, 6) is 0.156. The molecule has 0 bridgehead atoms. The maximum atomic E-state index is 12.4. The number of allylic oxidation sites excluding steroid dienone is 1. The van der Waals surface area contributed by atoms with Crippen LogP contribution in [0.25, 0.3) is 11.7 Å². The molecular formula is C25H31F3N6O3S. The van der Waals surface area contributed by atoms with Gasteiger partial charge >= 0.3 is 6.18 Å². The summed E-state index contributed by atoms with van der Waals surface area (Å²) < 4.78 is 63.4. The van der Waals surface area contributed by atoms with Crippen LogP contribution in [-0.2, 0) is 14.6 Å². The first-order valence-electron chi connectivity index (χ1n) is 12.8. The molecule has 5 rings (SSSR count). The number of hydrogen-bond donors (Lipinski definition) is 3. The minimum absolute atomic E-state index is 0.0639. The number of carbonyl (C=O) groups is 1. The van der Waals surface area contributed by atoms with E-state index < -0.39 is 28.2 Å². The molecule has 2 aliphatic carbocycles. The van der Waals surface area contributed by atoms with Gasteiger partial charge in [-0.3, -0.25) is 4.79 Å². The molecule has 1 amide bonds. The summed E-state index contributed by atoms with van der Waals surface area (Å²) in [6.07, 6.45) is 2.83. The summed E-state index contributed by atoms with van der Waals surface area (Å²) in [5.41, 5.74) is 2.73. The Kier molecular flexibility index (Phi) is 7.14. The maximum Gasteiger partial charge on any atom is 0.390 e. The van der Waals surface area contributed by atoms with E-state index in [-0.39, 0.29) is 30.0 Å². The third kappa shape index (κ3) is 6.66. The third-order valence-corrected chi connectivity index (χ3v) is 8.98. The van der Waals surface area contributed by atoms with E-state index in [1.165, 1.54) is 0 Å². The first-order chi connectivity index (χ1) is 17.9. The highest BCUT2D eigenvalue weighted by Crippen LogP contribution is 2.32. The third-order valence-electron chi connectivity index (χ3n) is 7.17. The van der Waals surface area contributed by atoms with Gasteiger partial charge in [0.1, 0.15) is 11.6 Å². The number of nitrogens with zero attached hydrogens (tertiary/aromatic N) is 3. The van der Waals surface area contributed by atoms with Gasteiger partial charge in [-0.1, -0.05) is 6.58 Å². The predicted octanol–water partition coefficient (Wildman–Crippen LogP) is 4.06. The average Bonchev–Trinajstić information content (AvgIpc) is 3.47. The van der Waals surface area contributed by atoms with Crippen molar-refractivity contribution in [1.29, 1.82) is 0 Å². The summed E-state index contributed by atoms with van der Waals surface area (Å²) in [5, 5.41) is 14.2. The van der Waals surface area contributed by atoms with E-state index in [1.54, 1.807) is 10.7 Å². The predicted molar refractivity (Wildman–Crippen MR) is 138 cm³/mol. The van der Waals surface area contributed by atoms with E-state index in [1.807, 2.05) is 12.1 Å². The molecule has 206 valence electrons. The van der Waals surface area contributed by atoms with Crippen LogP contribution in [0.1, 0.15) is 56.9 Å². The SMILES string of the molecule is C=C1NC(=O)C/C1=C\c1cnn2c(NC3CC3)cc(NC3CCC(CS(=O)(=O)CCC(F)(F)F)CC3)nc12. The molecule has 2 aromatic rings. The van der Waals surface area contributed by atoms with Gasteiger partial charge in [0.25, 0.3) is 0 Å². The molecule has 3 N–H and O–H groups in total. The van der Waals surface area contributed by atoms with Crippen molar-refractivity contribution in [2.24, 2.45) is 5.92 Å². The zero-order valence-electron chi connectivity index (χ0n) is 20.9. The van der Waals surface area contributed by atoms with Crippen molar-refractivity contribution in [3.8, 4) is 0 Å². The Morgan fingerprint density at radius 3 is 2.45 bits per heavy atom. The summed E-state index contributed by atoms with van der Waals surface area (Å²) in [6, 6.07) is 2.35. The van der Waals surface area contributed by atoms with Gasteiger partial charge in [-0.15, -0.1) is 0 Å². The fourth-order valence-corrected chi connectivity index (χ4v) is 6.75. The molecule has 0 unspecified atom stereocenters. The van der Waals surface area contributed by atoms with Crippen molar-refractivity contribution in [2.45, 2.75) is 69.6 Å². The summed E-state index contributed by atoms with van der Waals surface area (Å²) in [6.45, 7) is 3.90. The topological polar surface area (TPSA) is 117 Å². The summed E-state index contributed by atoms with van der Waals surface area (Å²) >= 11 is 0. The lowest BCUT2D eigenvalue weighted by atomic mass is 9.87. The summed E-state index contributed by atoms with van der Waals surface area (Å²) in [4.78, 5) is 16.5. The van der Waals surface area contributed by atoms with E-state index in [0.29, 0.717) is 48.9 Å². The van der Waals surface area contributed by atoms with Crippen molar-refractivity contribution in [3.05, 3.63) is 35.7 Å². The van der Waals surface area contributed by atoms with E-state index in [0.717, 1.165) is 29.8 Å². The number of aromatic nitrogens is 3. The van der Waals surface area contributed by atoms with Gasteiger partial charge in [-0.25, -0.2) is 13.4 Å². The first kappa shape index (κ1) is 26.5. The average molecular weight is 553 g/mol. The highest BCUT2D eigenvalue weighted by Gasteiger charge is 2.32. The number of fused-ring (bicyclic) bond motifs is 1. The number of alkyl halides is 3. The molecule has 2 aromatic heterocycles. The molecule has 1 saturated heterocycles. The largest absolute Gasteiger partial charge is 0.390 e. The molecule has 0 spiro atoms. The van der Waals surface area contributed by atoms with Crippen molar-refractivity contribution in [2.75, 3.05) is 22.1 Å². The van der Waals surface area contributed by atoms with Gasteiger partial charge < -0.3 is 16.0 Å². The maximum absolute atomic E-state index is 12.4. The number of rotatable bonds is 9. The van der Waals surface area contributed by atoms with E-state index in [2.05, 4.69) is 27.6 Å². The molecule has 3 aliphatic rings. The Morgan fingerprint density at radius 1 is 1.13 bits per heavy atom. The van der Waals surface area contributed by atoms with E-state index in [4.69, 9.17) is 4.98 Å². The standard InChI is InChI=1S/C25H31F3N6O3S/c1-15-17(11-23(35)30-15)10-18-13-29-34-22(32-20-6-7-20)12-21(33-24(18)34)31-19-4-2-16(3-5-19)14-38(36,37)9-8-25(26,27)28/h10,12-13,16,19-20,32H,1-9,11,14H2,(H,30,35)(H,31,33)/b17-10+. The van der Waals surface area contributed by atoms with Crippen LogP contribution < -0.4 is 16.0 Å². The second-order valence-electron chi connectivity index (χ2n) is 10.5. The lowest BCUT2D eigenvalue weighted by Crippen LogP contribution is -2.30. The number of anilines is 2. The normalized spacial score (nSPS) is 23.7. The number of carbonyl (C=O) groups excluding carboxylic acids is 1. The molecule has 3 fully saturated rings. The monoisotopic (exact) mass is 552 g/mol. The van der Waals surface area contributed by atoms with Crippen LogP contribution in [0.2, 0.25) is 0 Å². The zero-order chi connectivity index (χ0) is 27.1. The lowest BCUT2D eigenvalue weighted by molar-refractivity contribution is -0.130. The highest BCUT2D eigenvalue weighted by molar-refractivity contribution is 7.91. The molecule has 2 saturated carbocycles.